The molecule has 13 heavy (non-hydrogen) atoms. The van der Waals surface area contributed by atoms with Crippen LogP contribution in [0.2, 0.25) is 0 Å². The van der Waals surface area contributed by atoms with E-state index in [-0.39, 0.29) is 12.2 Å². The van der Waals surface area contributed by atoms with Gasteiger partial charge in [-0.15, -0.1) is 0 Å². The van der Waals surface area contributed by atoms with Crippen LogP contribution in [0.1, 0.15) is 45.4 Å². The average molecular weight is 190 g/mol. The van der Waals surface area contributed by atoms with E-state index in [0.29, 0.717) is 25.7 Å². The van der Waals surface area contributed by atoms with Gasteiger partial charge in [-0.25, -0.2) is 0 Å². The Morgan fingerprint density at radius 3 is 2.23 bits per heavy atom. The second-order valence-electron chi connectivity index (χ2n) is 3.27. The van der Waals surface area contributed by atoms with E-state index >= 15 is 0 Å². The molecule has 0 aromatic rings. The maximum atomic E-state index is 11.0. The van der Waals surface area contributed by atoms with Crippen molar-refractivity contribution in [2.75, 3.05) is 0 Å². The third kappa shape index (κ3) is 9.46. The van der Waals surface area contributed by atoms with E-state index in [2.05, 4.69) is 0 Å². The van der Waals surface area contributed by atoms with Gasteiger partial charge in [0.25, 0.3) is 5.97 Å². The van der Waals surface area contributed by atoms with E-state index in [0.717, 1.165) is 6.42 Å². The molecule has 4 heteroatoms. The first-order valence-corrected chi connectivity index (χ1v) is 4.64. The Hall–Kier alpha value is -0.450. The molecule has 78 valence electrons. The van der Waals surface area contributed by atoms with Crippen molar-refractivity contribution in [1.82, 2.24) is 0 Å². The molecular weight excluding hydrogens is 172 g/mol. The van der Waals surface area contributed by atoms with Crippen LogP contribution in [0.4, 0.5) is 0 Å². The fourth-order valence-electron chi connectivity index (χ4n) is 1.09. The fourth-order valence-corrected chi connectivity index (χ4v) is 1.09. The number of aliphatic hydroxyl groups is 3. The zero-order chi connectivity index (χ0) is 10.3. The molecule has 0 radical (unpaired) electrons. The van der Waals surface area contributed by atoms with Crippen LogP contribution in [-0.2, 0) is 4.79 Å². The Morgan fingerprint density at radius 2 is 1.77 bits per heavy atom. The fraction of sp³-hybridized carbons (Fsp3) is 0.889. The maximum Gasteiger partial charge on any atom is 0.275 e. The van der Waals surface area contributed by atoms with Gasteiger partial charge < -0.3 is 15.3 Å². The highest BCUT2D eigenvalue weighted by Crippen LogP contribution is 2.09. The molecule has 0 aromatic heterocycles. The summed E-state index contributed by atoms with van der Waals surface area (Å²) in [5.41, 5.74) is 0. The van der Waals surface area contributed by atoms with E-state index in [1.165, 1.54) is 0 Å². The highest BCUT2D eigenvalue weighted by atomic mass is 16.7. The topological polar surface area (TPSA) is 77.8 Å². The Labute approximate surface area is 78.2 Å². The molecule has 0 bridgehead atoms. The molecular formula is C9H18O4. The number of hydrogen-bond acceptors (Lipinski definition) is 4. The minimum absolute atomic E-state index is 0.105. The van der Waals surface area contributed by atoms with Gasteiger partial charge in [-0.3, -0.25) is 4.79 Å². The molecule has 0 aliphatic carbocycles. The van der Waals surface area contributed by atoms with Gasteiger partial charge in [0.1, 0.15) is 5.78 Å². The van der Waals surface area contributed by atoms with Gasteiger partial charge in [0.2, 0.25) is 0 Å². The van der Waals surface area contributed by atoms with Gasteiger partial charge >= 0.3 is 0 Å². The molecule has 0 saturated carbocycles. The van der Waals surface area contributed by atoms with Crippen molar-refractivity contribution < 1.29 is 20.1 Å². The predicted octanol–water partition coefficient (Wildman–Crippen LogP) is 0.547. The first kappa shape index (κ1) is 12.6. The van der Waals surface area contributed by atoms with Crippen LogP contribution >= 0.6 is 0 Å². The van der Waals surface area contributed by atoms with Crippen LogP contribution in [0.5, 0.6) is 0 Å². The third-order valence-electron chi connectivity index (χ3n) is 1.75. The van der Waals surface area contributed by atoms with Crippen LogP contribution in [-0.4, -0.2) is 27.1 Å². The van der Waals surface area contributed by atoms with Gasteiger partial charge in [0.15, 0.2) is 0 Å². The zero-order valence-corrected chi connectivity index (χ0v) is 7.99. The predicted molar refractivity (Wildman–Crippen MR) is 47.8 cm³/mol. The molecule has 0 fully saturated rings. The molecule has 4 nitrogen and oxygen atoms in total. The van der Waals surface area contributed by atoms with E-state index in [9.17, 15) is 4.79 Å². The Morgan fingerprint density at radius 1 is 1.15 bits per heavy atom. The normalized spacial score (nSPS) is 11.7. The molecule has 0 spiro atoms. The van der Waals surface area contributed by atoms with E-state index in [1.54, 1.807) is 0 Å². The molecule has 0 saturated heterocycles. The lowest BCUT2D eigenvalue weighted by molar-refractivity contribution is -0.315. The summed E-state index contributed by atoms with van der Waals surface area (Å²) in [7, 11) is 0. The number of carbonyl (C=O) groups is 1. The molecule has 3 N–H and O–H groups in total. The summed E-state index contributed by atoms with van der Waals surface area (Å²) in [6, 6.07) is 0. The first-order valence-electron chi connectivity index (χ1n) is 4.64. The average Bonchev–Trinajstić information content (AvgIpc) is 1.97. The summed E-state index contributed by atoms with van der Waals surface area (Å²) in [6.07, 6.45) is 2.84. The molecule has 0 atom stereocenters. The molecule has 0 amide bonds. The van der Waals surface area contributed by atoms with Crippen molar-refractivity contribution in [3.63, 3.8) is 0 Å². The van der Waals surface area contributed by atoms with Crippen LogP contribution in [0.3, 0.4) is 0 Å². The number of unbranched alkanes of at least 4 members (excludes halogenated alkanes) is 1. The van der Waals surface area contributed by atoms with Crippen molar-refractivity contribution in [2.24, 2.45) is 0 Å². The van der Waals surface area contributed by atoms with Crippen molar-refractivity contribution in [3.05, 3.63) is 0 Å². The highest BCUT2D eigenvalue weighted by Gasteiger charge is 2.16. The quantitative estimate of drug-likeness (QED) is 0.404. The highest BCUT2D eigenvalue weighted by molar-refractivity contribution is 5.78. The lowest BCUT2D eigenvalue weighted by Gasteiger charge is -2.12. The Bertz CT molecular complexity index is 148. The second kappa shape index (κ2) is 6.07. The smallest absolute Gasteiger partial charge is 0.275 e. The third-order valence-corrected chi connectivity index (χ3v) is 1.75. The van der Waals surface area contributed by atoms with Crippen molar-refractivity contribution in [3.8, 4) is 0 Å². The summed E-state index contributed by atoms with van der Waals surface area (Å²) in [5.74, 6) is -2.38. The molecule has 0 heterocycles. The van der Waals surface area contributed by atoms with Crippen molar-refractivity contribution in [2.45, 2.75) is 51.4 Å². The first-order chi connectivity index (χ1) is 5.95. The molecule has 0 aliphatic heterocycles. The van der Waals surface area contributed by atoms with E-state index in [4.69, 9.17) is 15.3 Å². The lowest BCUT2D eigenvalue weighted by Crippen LogP contribution is -2.26. The number of hydrogen-bond donors (Lipinski definition) is 3. The van der Waals surface area contributed by atoms with Gasteiger partial charge in [-0.1, -0.05) is 6.92 Å². The second-order valence-corrected chi connectivity index (χ2v) is 3.27. The Kier molecular flexibility index (Phi) is 5.86. The van der Waals surface area contributed by atoms with Crippen LogP contribution in [0.25, 0.3) is 0 Å². The maximum absolute atomic E-state index is 11.0. The number of Topliss-reactive ketones (excluding diaryl/α,β-unsaturated/α-hetero) is 1. The van der Waals surface area contributed by atoms with Gasteiger partial charge in [0, 0.05) is 19.3 Å². The minimum Gasteiger partial charge on any atom is -0.344 e. The summed E-state index contributed by atoms with van der Waals surface area (Å²) >= 11 is 0. The largest absolute Gasteiger partial charge is 0.344 e. The van der Waals surface area contributed by atoms with Crippen LogP contribution in [0, 0.1) is 0 Å². The lowest BCUT2D eigenvalue weighted by atomic mass is 10.1. The van der Waals surface area contributed by atoms with Crippen molar-refractivity contribution in [1.29, 1.82) is 0 Å². The number of carbonyl (C=O) groups excluding carboxylic acids is 1. The molecule has 0 unspecified atom stereocenters. The van der Waals surface area contributed by atoms with Gasteiger partial charge in [-0.05, 0) is 19.3 Å². The van der Waals surface area contributed by atoms with E-state index in [1.807, 2.05) is 6.92 Å². The molecule has 0 aliphatic rings. The monoisotopic (exact) mass is 190 g/mol. The standard InChI is InChI=1S/C9H18O4/c1-2-5-8(10)6-3-4-7-9(11,12)13/h11-13H,2-7H2,1H3. The number of rotatable bonds is 7. The summed E-state index contributed by atoms with van der Waals surface area (Å²) < 4.78 is 0. The van der Waals surface area contributed by atoms with Crippen LogP contribution in [0.15, 0.2) is 0 Å². The van der Waals surface area contributed by atoms with Gasteiger partial charge in [0.05, 0.1) is 0 Å². The van der Waals surface area contributed by atoms with Crippen molar-refractivity contribution >= 4 is 5.78 Å². The summed E-state index contributed by atoms with van der Waals surface area (Å²) in [6.45, 7) is 1.94. The Balaban J connectivity index is 3.31. The molecule has 0 rings (SSSR count). The summed E-state index contributed by atoms with van der Waals surface area (Å²) in [5, 5.41) is 25.5. The molecule has 0 aromatic carbocycles. The van der Waals surface area contributed by atoms with Crippen LogP contribution < -0.4 is 0 Å². The minimum atomic E-state index is -2.58. The van der Waals surface area contributed by atoms with Gasteiger partial charge in [-0.2, -0.15) is 0 Å². The van der Waals surface area contributed by atoms with E-state index < -0.39 is 5.97 Å². The SMILES string of the molecule is CCCC(=O)CCCCC(O)(O)O. The number of ketones is 1. The zero-order valence-electron chi connectivity index (χ0n) is 7.99. The summed E-state index contributed by atoms with van der Waals surface area (Å²) in [4.78, 5) is 11.0.